The summed E-state index contributed by atoms with van der Waals surface area (Å²) in [5.74, 6) is 0.769. The second-order valence-electron chi connectivity index (χ2n) is 7.53. The fraction of sp³-hybridized carbons (Fsp3) is 0.722. The van der Waals surface area contributed by atoms with Crippen LogP contribution in [0.15, 0.2) is 12.4 Å². The van der Waals surface area contributed by atoms with Crippen LogP contribution in [0.5, 0.6) is 0 Å². The number of nitrogens with two attached hydrogens (primary N) is 1. The highest BCUT2D eigenvalue weighted by molar-refractivity contribution is 5.84. The van der Waals surface area contributed by atoms with Crippen LogP contribution in [0.3, 0.4) is 0 Å². The largest absolute Gasteiger partial charge is 0.368 e. The van der Waals surface area contributed by atoms with E-state index in [1.165, 1.54) is 0 Å². The molecule has 1 aromatic heterocycles. The van der Waals surface area contributed by atoms with Gasteiger partial charge in [0.2, 0.25) is 11.8 Å². The maximum absolute atomic E-state index is 12.0. The van der Waals surface area contributed by atoms with Gasteiger partial charge in [-0.05, 0) is 44.2 Å². The minimum Gasteiger partial charge on any atom is -0.368 e. The smallest absolute Gasteiger partial charge is 0.237 e. The lowest BCUT2D eigenvalue weighted by Crippen LogP contribution is -2.53. The van der Waals surface area contributed by atoms with E-state index in [1.807, 2.05) is 6.20 Å². The Labute approximate surface area is 149 Å². The Morgan fingerprint density at radius 1 is 1.32 bits per heavy atom. The normalized spacial score (nSPS) is 21.0. The SMILES string of the molecule is CCCn1ccnc1CN1CCC2(CCC(=O)N(CC(N)=O)C2)CC1. The van der Waals surface area contributed by atoms with Crippen molar-refractivity contribution in [2.45, 2.75) is 52.1 Å². The van der Waals surface area contributed by atoms with Gasteiger partial charge in [-0.15, -0.1) is 0 Å². The average Bonchev–Trinajstić information content (AvgIpc) is 3.00. The summed E-state index contributed by atoms with van der Waals surface area (Å²) in [5, 5.41) is 0. The average molecular weight is 347 g/mol. The van der Waals surface area contributed by atoms with Crippen LogP contribution in [0.25, 0.3) is 0 Å². The van der Waals surface area contributed by atoms with Crippen molar-refractivity contribution in [2.24, 2.45) is 11.1 Å². The topological polar surface area (TPSA) is 84.5 Å². The number of aryl methyl sites for hydroxylation is 1. The molecule has 25 heavy (non-hydrogen) atoms. The molecule has 0 atom stereocenters. The van der Waals surface area contributed by atoms with E-state index in [1.54, 1.807) is 4.90 Å². The molecule has 0 unspecified atom stereocenters. The van der Waals surface area contributed by atoms with Gasteiger partial charge in [0.15, 0.2) is 0 Å². The van der Waals surface area contributed by atoms with Crippen molar-refractivity contribution in [2.75, 3.05) is 26.2 Å². The molecule has 2 amide bonds. The number of likely N-dealkylation sites (tertiary alicyclic amines) is 2. The molecule has 7 heteroatoms. The van der Waals surface area contributed by atoms with Crippen molar-refractivity contribution >= 4 is 11.8 Å². The number of aromatic nitrogens is 2. The monoisotopic (exact) mass is 347 g/mol. The first-order valence-corrected chi connectivity index (χ1v) is 9.30. The van der Waals surface area contributed by atoms with Crippen LogP contribution in [0.2, 0.25) is 0 Å². The summed E-state index contributed by atoms with van der Waals surface area (Å²) in [4.78, 5) is 31.9. The third-order valence-electron chi connectivity index (χ3n) is 5.64. The van der Waals surface area contributed by atoms with E-state index < -0.39 is 5.91 Å². The van der Waals surface area contributed by atoms with Gasteiger partial charge in [-0.2, -0.15) is 0 Å². The van der Waals surface area contributed by atoms with Gasteiger partial charge in [-0.1, -0.05) is 6.92 Å². The van der Waals surface area contributed by atoms with E-state index in [-0.39, 0.29) is 17.9 Å². The number of imidazole rings is 1. The highest BCUT2D eigenvalue weighted by Gasteiger charge is 2.41. The Morgan fingerprint density at radius 3 is 2.76 bits per heavy atom. The van der Waals surface area contributed by atoms with Gasteiger partial charge in [-0.3, -0.25) is 14.5 Å². The van der Waals surface area contributed by atoms with Gasteiger partial charge in [0.25, 0.3) is 0 Å². The van der Waals surface area contributed by atoms with E-state index in [9.17, 15) is 9.59 Å². The van der Waals surface area contributed by atoms with Crippen molar-refractivity contribution in [1.29, 1.82) is 0 Å². The minimum atomic E-state index is -0.425. The molecule has 7 nitrogen and oxygen atoms in total. The first-order valence-electron chi connectivity index (χ1n) is 9.30. The number of hydrogen-bond donors (Lipinski definition) is 1. The summed E-state index contributed by atoms with van der Waals surface area (Å²) >= 11 is 0. The highest BCUT2D eigenvalue weighted by atomic mass is 16.2. The lowest BCUT2D eigenvalue weighted by atomic mass is 9.72. The Balaban J connectivity index is 1.56. The van der Waals surface area contributed by atoms with E-state index in [4.69, 9.17) is 5.73 Å². The van der Waals surface area contributed by atoms with Gasteiger partial charge in [0.1, 0.15) is 5.82 Å². The van der Waals surface area contributed by atoms with E-state index in [2.05, 4.69) is 27.6 Å². The van der Waals surface area contributed by atoms with Crippen LogP contribution in [0.4, 0.5) is 0 Å². The van der Waals surface area contributed by atoms with E-state index in [0.29, 0.717) is 13.0 Å². The zero-order valence-corrected chi connectivity index (χ0v) is 15.1. The van der Waals surface area contributed by atoms with Crippen molar-refractivity contribution in [1.82, 2.24) is 19.4 Å². The second-order valence-corrected chi connectivity index (χ2v) is 7.53. The van der Waals surface area contributed by atoms with Crippen LogP contribution >= 0.6 is 0 Å². The molecule has 0 radical (unpaired) electrons. The number of hydrogen-bond acceptors (Lipinski definition) is 4. The second kappa shape index (κ2) is 7.56. The number of primary amides is 1. The zero-order chi connectivity index (χ0) is 17.9. The molecule has 2 fully saturated rings. The zero-order valence-electron chi connectivity index (χ0n) is 15.1. The predicted octanol–water partition coefficient (Wildman–Crippen LogP) is 0.983. The maximum Gasteiger partial charge on any atom is 0.237 e. The fourth-order valence-electron chi connectivity index (χ4n) is 4.16. The van der Waals surface area contributed by atoms with Crippen LogP contribution in [-0.4, -0.2) is 57.3 Å². The fourth-order valence-corrected chi connectivity index (χ4v) is 4.16. The van der Waals surface area contributed by atoms with Crippen molar-refractivity contribution in [3.8, 4) is 0 Å². The predicted molar refractivity (Wildman–Crippen MR) is 94.5 cm³/mol. The van der Waals surface area contributed by atoms with E-state index in [0.717, 1.165) is 57.7 Å². The number of piperidine rings is 2. The first kappa shape index (κ1) is 17.9. The molecule has 2 saturated heterocycles. The van der Waals surface area contributed by atoms with Gasteiger partial charge in [0, 0.05) is 31.9 Å². The quantitative estimate of drug-likeness (QED) is 0.831. The lowest BCUT2D eigenvalue weighted by molar-refractivity contribution is -0.142. The molecule has 138 valence electrons. The molecule has 1 aromatic rings. The number of carbonyl (C=O) groups is 2. The van der Waals surface area contributed by atoms with Crippen molar-refractivity contribution in [3.05, 3.63) is 18.2 Å². The number of carbonyl (C=O) groups excluding carboxylic acids is 2. The number of amides is 2. The summed E-state index contributed by atoms with van der Waals surface area (Å²) in [6.45, 7) is 6.82. The summed E-state index contributed by atoms with van der Waals surface area (Å²) in [6.07, 6.45) is 8.63. The molecule has 3 heterocycles. The molecule has 2 aliphatic rings. The number of nitrogens with zero attached hydrogens (tertiary/aromatic N) is 4. The molecule has 2 aliphatic heterocycles. The lowest BCUT2D eigenvalue weighted by Gasteiger charge is -2.47. The maximum atomic E-state index is 12.0. The third-order valence-corrected chi connectivity index (χ3v) is 5.64. The Morgan fingerprint density at radius 2 is 2.08 bits per heavy atom. The van der Waals surface area contributed by atoms with Crippen molar-refractivity contribution in [3.63, 3.8) is 0 Å². The van der Waals surface area contributed by atoms with Gasteiger partial charge in [-0.25, -0.2) is 4.98 Å². The van der Waals surface area contributed by atoms with Crippen LogP contribution in [-0.2, 0) is 22.7 Å². The summed E-state index contributed by atoms with van der Waals surface area (Å²) in [7, 11) is 0. The number of rotatable bonds is 6. The molecule has 2 N–H and O–H groups in total. The van der Waals surface area contributed by atoms with Crippen LogP contribution < -0.4 is 5.73 Å². The Hall–Kier alpha value is -1.89. The standard InChI is InChI=1S/C18H29N5O2/c1-2-8-22-11-7-20-16(22)13-21-9-5-18(6-10-21)4-3-17(25)23(14-18)12-15(19)24/h7,11H,2-6,8-10,12-14H2,1H3,(H2,19,24). The van der Waals surface area contributed by atoms with E-state index >= 15 is 0 Å². The Bertz CT molecular complexity index is 619. The molecule has 0 aliphatic carbocycles. The summed E-state index contributed by atoms with van der Waals surface area (Å²) in [5.41, 5.74) is 5.44. The molecular formula is C18H29N5O2. The van der Waals surface area contributed by atoms with Crippen molar-refractivity contribution < 1.29 is 9.59 Å². The molecular weight excluding hydrogens is 318 g/mol. The van der Waals surface area contributed by atoms with Gasteiger partial charge >= 0.3 is 0 Å². The molecule has 0 bridgehead atoms. The minimum absolute atomic E-state index is 0.0543. The molecule has 3 rings (SSSR count). The van der Waals surface area contributed by atoms with Crippen LogP contribution in [0.1, 0.15) is 44.9 Å². The molecule has 0 saturated carbocycles. The third kappa shape index (κ3) is 4.21. The van der Waals surface area contributed by atoms with Gasteiger partial charge in [0.05, 0.1) is 13.1 Å². The molecule has 1 spiro atoms. The molecule has 0 aromatic carbocycles. The summed E-state index contributed by atoms with van der Waals surface area (Å²) in [6, 6.07) is 0. The van der Waals surface area contributed by atoms with Gasteiger partial charge < -0.3 is 15.2 Å². The Kier molecular flexibility index (Phi) is 5.42. The first-order chi connectivity index (χ1) is 12.0. The summed E-state index contributed by atoms with van der Waals surface area (Å²) < 4.78 is 2.23. The highest BCUT2D eigenvalue weighted by Crippen LogP contribution is 2.40. The van der Waals surface area contributed by atoms with Crippen LogP contribution in [0, 0.1) is 5.41 Å².